The number of H-pyrrole nitrogens is 1. The van der Waals surface area contributed by atoms with Gasteiger partial charge >= 0.3 is 0 Å². The van der Waals surface area contributed by atoms with E-state index < -0.39 is 0 Å². The Balaban J connectivity index is 1.56. The van der Waals surface area contributed by atoms with E-state index in [0.717, 1.165) is 53.9 Å². The zero-order valence-corrected chi connectivity index (χ0v) is 15.3. The van der Waals surface area contributed by atoms with E-state index in [9.17, 15) is 5.11 Å². The first-order valence-corrected chi connectivity index (χ1v) is 9.62. The molecule has 5 heteroatoms. The van der Waals surface area contributed by atoms with Gasteiger partial charge in [0, 0.05) is 24.2 Å². The van der Waals surface area contributed by atoms with Crippen LogP contribution in [0.3, 0.4) is 0 Å². The SMILES string of the molecule is CCc1nc2ncc(-c3cc(O)cc(CC[C@H]4CCCCN4)c3)cc2[nH]1. The molecule has 3 aromatic rings. The average molecular weight is 350 g/mol. The van der Waals surface area contributed by atoms with Gasteiger partial charge in [-0.1, -0.05) is 19.4 Å². The summed E-state index contributed by atoms with van der Waals surface area (Å²) in [4.78, 5) is 12.2. The highest BCUT2D eigenvalue weighted by atomic mass is 16.3. The molecule has 0 radical (unpaired) electrons. The summed E-state index contributed by atoms with van der Waals surface area (Å²) in [6.07, 6.45) is 8.64. The summed E-state index contributed by atoms with van der Waals surface area (Å²) in [7, 11) is 0. The van der Waals surface area contributed by atoms with Crippen LogP contribution in [0.4, 0.5) is 0 Å². The fraction of sp³-hybridized carbons (Fsp3) is 0.429. The molecule has 1 aromatic carbocycles. The molecule has 0 unspecified atom stereocenters. The maximum Gasteiger partial charge on any atom is 0.177 e. The molecule has 5 nitrogen and oxygen atoms in total. The number of pyridine rings is 1. The zero-order valence-electron chi connectivity index (χ0n) is 15.3. The number of aromatic nitrogens is 3. The van der Waals surface area contributed by atoms with E-state index in [2.05, 4.69) is 39.3 Å². The molecule has 26 heavy (non-hydrogen) atoms. The van der Waals surface area contributed by atoms with E-state index in [1.165, 1.54) is 24.8 Å². The summed E-state index contributed by atoms with van der Waals surface area (Å²) in [6, 6.07) is 8.52. The van der Waals surface area contributed by atoms with Crippen LogP contribution in [0.2, 0.25) is 0 Å². The molecular formula is C21H26N4O. The van der Waals surface area contributed by atoms with Gasteiger partial charge in [-0.3, -0.25) is 0 Å². The molecular weight excluding hydrogens is 324 g/mol. The van der Waals surface area contributed by atoms with Crippen LogP contribution in [0.15, 0.2) is 30.5 Å². The Bertz CT molecular complexity index is 896. The van der Waals surface area contributed by atoms with E-state index in [1.54, 1.807) is 0 Å². The minimum Gasteiger partial charge on any atom is -0.508 e. The molecule has 0 spiro atoms. The fourth-order valence-corrected chi connectivity index (χ4v) is 3.77. The Kier molecular flexibility index (Phi) is 4.89. The van der Waals surface area contributed by atoms with E-state index >= 15 is 0 Å². The zero-order chi connectivity index (χ0) is 17.9. The smallest absolute Gasteiger partial charge is 0.177 e. The highest BCUT2D eigenvalue weighted by molar-refractivity contribution is 5.78. The number of aromatic amines is 1. The first kappa shape index (κ1) is 17.0. The van der Waals surface area contributed by atoms with Crippen molar-refractivity contribution in [1.82, 2.24) is 20.3 Å². The summed E-state index contributed by atoms with van der Waals surface area (Å²) in [5, 5.41) is 13.8. The number of nitrogens with zero attached hydrogens (tertiary/aromatic N) is 2. The van der Waals surface area contributed by atoms with Crippen LogP contribution in [0.5, 0.6) is 5.75 Å². The number of aromatic hydroxyl groups is 1. The van der Waals surface area contributed by atoms with Crippen molar-refractivity contribution in [2.45, 2.75) is 51.5 Å². The van der Waals surface area contributed by atoms with Crippen LogP contribution in [0, 0.1) is 0 Å². The summed E-state index contributed by atoms with van der Waals surface area (Å²) < 4.78 is 0. The second kappa shape index (κ2) is 7.46. The van der Waals surface area contributed by atoms with Gasteiger partial charge in [0.05, 0.1) is 5.52 Å². The molecule has 2 aromatic heterocycles. The predicted molar refractivity (Wildman–Crippen MR) is 104 cm³/mol. The van der Waals surface area contributed by atoms with Crippen LogP contribution in [-0.2, 0) is 12.8 Å². The maximum atomic E-state index is 10.2. The van der Waals surface area contributed by atoms with Gasteiger partial charge in [0.15, 0.2) is 5.65 Å². The van der Waals surface area contributed by atoms with E-state index in [-0.39, 0.29) is 0 Å². The molecule has 0 saturated carbocycles. The number of hydrogen-bond donors (Lipinski definition) is 3. The second-order valence-electron chi connectivity index (χ2n) is 7.21. The lowest BCUT2D eigenvalue weighted by Gasteiger charge is -2.23. The van der Waals surface area contributed by atoms with Crippen LogP contribution in [0.1, 0.15) is 44.0 Å². The monoisotopic (exact) mass is 350 g/mol. The van der Waals surface area contributed by atoms with Gasteiger partial charge < -0.3 is 15.4 Å². The normalized spacial score (nSPS) is 17.7. The van der Waals surface area contributed by atoms with Crippen molar-refractivity contribution in [3.8, 4) is 16.9 Å². The third kappa shape index (κ3) is 3.73. The van der Waals surface area contributed by atoms with E-state index in [0.29, 0.717) is 11.8 Å². The van der Waals surface area contributed by atoms with Gasteiger partial charge in [-0.15, -0.1) is 0 Å². The molecule has 3 heterocycles. The van der Waals surface area contributed by atoms with Crippen molar-refractivity contribution < 1.29 is 5.11 Å². The van der Waals surface area contributed by atoms with Crippen molar-refractivity contribution in [2.75, 3.05) is 6.54 Å². The number of piperidine rings is 1. The van der Waals surface area contributed by atoms with Crippen molar-refractivity contribution >= 4 is 11.2 Å². The number of hydrogen-bond acceptors (Lipinski definition) is 4. The second-order valence-corrected chi connectivity index (χ2v) is 7.21. The number of aryl methyl sites for hydroxylation is 2. The standard InChI is InChI=1S/C21H26N4O/c1-2-20-24-19-12-16(13-23-21(19)25-20)15-9-14(10-18(26)11-15)6-7-17-5-3-4-8-22-17/h9-13,17,22,26H,2-8H2,1H3,(H,23,24,25)/t17-/m1/s1. The number of benzene rings is 1. The lowest BCUT2D eigenvalue weighted by Crippen LogP contribution is -2.34. The molecule has 3 N–H and O–H groups in total. The summed E-state index contributed by atoms with van der Waals surface area (Å²) in [6.45, 7) is 3.20. The van der Waals surface area contributed by atoms with E-state index in [1.807, 2.05) is 18.3 Å². The number of phenols is 1. The highest BCUT2D eigenvalue weighted by Gasteiger charge is 2.13. The van der Waals surface area contributed by atoms with Crippen LogP contribution in [0.25, 0.3) is 22.3 Å². The summed E-state index contributed by atoms with van der Waals surface area (Å²) in [5.41, 5.74) is 4.85. The number of rotatable bonds is 5. The van der Waals surface area contributed by atoms with Gasteiger partial charge in [0.2, 0.25) is 0 Å². The molecule has 1 aliphatic heterocycles. The Morgan fingerprint density at radius 3 is 2.88 bits per heavy atom. The molecule has 1 saturated heterocycles. The molecule has 4 rings (SSSR count). The van der Waals surface area contributed by atoms with Gasteiger partial charge in [0.25, 0.3) is 0 Å². The lowest BCUT2D eigenvalue weighted by atomic mass is 9.96. The number of phenolic OH excluding ortho intramolecular Hbond substituents is 1. The van der Waals surface area contributed by atoms with Crippen molar-refractivity contribution in [3.63, 3.8) is 0 Å². The molecule has 1 aliphatic rings. The number of fused-ring (bicyclic) bond motifs is 1. The number of imidazole rings is 1. The molecule has 1 fully saturated rings. The largest absolute Gasteiger partial charge is 0.508 e. The Morgan fingerprint density at radius 2 is 2.08 bits per heavy atom. The predicted octanol–water partition coefficient (Wildman–Crippen LogP) is 3.97. The van der Waals surface area contributed by atoms with E-state index in [4.69, 9.17) is 0 Å². The fourth-order valence-electron chi connectivity index (χ4n) is 3.77. The number of nitrogens with one attached hydrogen (secondary N) is 2. The van der Waals surface area contributed by atoms with Crippen molar-refractivity contribution in [2.24, 2.45) is 0 Å². The molecule has 1 atom stereocenters. The Labute approximate surface area is 153 Å². The van der Waals surface area contributed by atoms with Gasteiger partial charge in [-0.2, -0.15) is 0 Å². The van der Waals surface area contributed by atoms with Crippen molar-refractivity contribution in [3.05, 3.63) is 41.9 Å². The lowest BCUT2D eigenvalue weighted by molar-refractivity contribution is 0.382. The van der Waals surface area contributed by atoms with Crippen LogP contribution >= 0.6 is 0 Å². The Morgan fingerprint density at radius 1 is 1.15 bits per heavy atom. The van der Waals surface area contributed by atoms with Crippen LogP contribution < -0.4 is 5.32 Å². The first-order valence-electron chi connectivity index (χ1n) is 9.62. The summed E-state index contributed by atoms with van der Waals surface area (Å²) >= 11 is 0. The highest BCUT2D eigenvalue weighted by Crippen LogP contribution is 2.28. The quantitative estimate of drug-likeness (QED) is 0.651. The third-order valence-corrected chi connectivity index (χ3v) is 5.23. The van der Waals surface area contributed by atoms with Gasteiger partial charge in [-0.25, -0.2) is 9.97 Å². The topological polar surface area (TPSA) is 73.8 Å². The van der Waals surface area contributed by atoms with Crippen LogP contribution in [-0.4, -0.2) is 32.6 Å². The average Bonchev–Trinajstić information content (AvgIpc) is 3.09. The maximum absolute atomic E-state index is 10.2. The van der Waals surface area contributed by atoms with Gasteiger partial charge in [0.1, 0.15) is 11.6 Å². The van der Waals surface area contributed by atoms with Gasteiger partial charge in [-0.05, 0) is 61.6 Å². The molecule has 0 amide bonds. The first-order chi connectivity index (χ1) is 12.7. The molecule has 0 bridgehead atoms. The van der Waals surface area contributed by atoms with Crippen molar-refractivity contribution in [1.29, 1.82) is 0 Å². The molecule has 136 valence electrons. The minimum atomic E-state index is 0.313. The molecule has 0 aliphatic carbocycles. The Hall–Kier alpha value is -2.40. The third-order valence-electron chi connectivity index (χ3n) is 5.23. The minimum absolute atomic E-state index is 0.313. The summed E-state index contributed by atoms with van der Waals surface area (Å²) in [5.74, 6) is 1.26.